The largest absolute Gasteiger partial charge is 2.00 e. The van der Waals surface area contributed by atoms with Crippen molar-refractivity contribution >= 4 is 81.8 Å². The van der Waals surface area contributed by atoms with Gasteiger partial charge >= 0.3 is 17.1 Å². The average molecular weight is 1000 g/mol. The molecule has 2 N–H and O–H groups in total. The number of hydrogen-bond acceptors (Lipinski definition) is 12. The molecule has 4 heterocycles. The third-order valence-electron chi connectivity index (χ3n) is 5.84. The number of isothiocyanates is 2. The fraction of sp³-hybridized carbons (Fsp3) is 0.105. The molecule has 0 aliphatic carbocycles. The Labute approximate surface area is 383 Å². The molecule has 0 spiro atoms. The van der Waals surface area contributed by atoms with E-state index in [0.717, 1.165) is 0 Å². The van der Waals surface area contributed by atoms with Gasteiger partial charge in [-0.1, -0.05) is 71.5 Å². The van der Waals surface area contributed by atoms with E-state index in [1.54, 1.807) is 13.8 Å². The van der Waals surface area contributed by atoms with Crippen molar-refractivity contribution in [1.82, 2.24) is 19.9 Å². The minimum atomic E-state index is -1.42. The van der Waals surface area contributed by atoms with Gasteiger partial charge in [0, 0.05) is 82.4 Å². The molecule has 0 aliphatic rings. The van der Waals surface area contributed by atoms with Gasteiger partial charge in [0.25, 0.3) is 0 Å². The Morgan fingerprint density at radius 2 is 0.541 bits per heavy atom. The van der Waals surface area contributed by atoms with Crippen LogP contribution in [0.4, 0.5) is 35.1 Å². The number of aliphatic hydroxyl groups excluding tert-OH is 2. The summed E-state index contributed by atoms with van der Waals surface area (Å²) in [5.74, 6) is -11.4. The molecule has 0 unspecified atom stereocenters. The third kappa shape index (κ3) is 19.2. The molecule has 2 aromatic carbocycles. The molecular weight excluding hydrogens is 972 g/mol. The second kappa shape index (κ2) is 32.6. The van der Waals surface area contributed by atoms with E-state index < -0.39 is 66.1 Å². The summed E-state index contributed by atoms with van der Waals surface area (Å²) in [7, 11) is 0. The number of aromatic nitrogens is 4. The summed E-state index contributed by atoms with van der Waals surface area (Å²) in [5.41, 5.74) is 0. The maximum atomic E-state index is 14.2. The van der Waals surface area contributed by atoms with E-state index >= 15 is 0 Å². The van der Waals surface area contributed by atoms with Crippen LogP contribution in [0.2, 0.25) is 0 Å². The predicted octanol–water partition coefficient (Wildman–Crippen LogP) is 12.0. The molecule has 0 bridgehead atoms. The molecule has 0 amide bonds. The molecule has 0 saturated carbocycles. The molecule has 0 fully saturated rings. The third-order valence-corrected chi connectivity index (χ3v) is 10.1. The summed E-state index contributed by atoms with van der Waals surface area (Å²) in [6, 6.07) is 11.9. The van der Waals surface area contributed by atoms with Crippen molar-refractivity contribution in [3.63, 3.8) is 0 Å². The Kier molecular flexibility index (Phi) is 30.4. The Bertz CT molecular complexity index is 1910. The topological polar surface area (TPSA) is 137 Å². The molecular formula is C38H28F8MnN6O2S6. The van der Waals surface area contributed by atoms with Crippen molar-refractivity contribution in [3.05, 3.63) is 155 Å². The Hall–Kier alpha value is -4.08. The van der Waals surface area contributed by atoms with E-state index in [2.05, 4.69) is 44.4 Å². The van der Waals surface area contributed by atoms with Crippen LogP contribution in [0.3, 0.4) is 0 Å². The molecule has 0 aliphatic heterocycles. The smallest absolute Gasteiger partial charge is 0.753 e. The molecule has 6 rings (SSSR count). The van der Waals surface area contributed by atoms with Gasteiger partial charge in [0.05, 0.1) is 19.6 Å². The normalized spacial score (nSPS) is 9.38. The van der Waals surface area contributed by atoms with E-state index in [1.165, 1.54) is 108 Å². The average Bonchev–Trinajstić information content (AvgIpc) is 3.26. The van der Waals surface area contributed by atoms with Gasteiger partial charge in [0.15, 0.2) is 46.5 Å². The zero-order valence-electron chi connectivity index (χ0n) is 31.1. The summed E-state index contributed by atoms with van der Waals surface area (Å²) >= 11 is 9.78. The van der Waals surface area contributed by atoms with E-state index in [9.17, 15) is 35.1 Å². The van der Waals surface area contributed by atoms with E-state index in [1.807, 2.05) is 0 Å². The molecule has 61 heavy (non-hydrogen) atoms. The standard InChI is InChI=1S/2C16H8F4N2S2.2C2H6O.2CNS.Mn/c2*17-11-13(19)16(24-10-3-7-22-8-4-10)14(20)12(18)15(11)23-9-1-5-21-6-2-9;2*1-2-3;2*2-1-3;/h2*1-8H;2*3H,2H2,1H3;;;/q;;;;2*-1;+2. The molecule has 321 valence electrons. The van der Waals surface area contributed by atoms with Gasteiger partial charge in [-0.25, -0.2) is 35.1 Å². The van der Waals surface area contributed by atoms with Crippen molar-refractivity contribution in [1.29, 1.82) is 0 Å². The summed E-state index contributed by atoms with van der Waals surface area (Å²) < 4.78 is 114. The van der Waals surface area contributed by atoms with Crippen molar-refractivity contribution in [3.8, 4) is 0 Å². The van der Waals surface area contributed by atoms with Crippen LogP contribution in [0.1, 0.15) is 13.8 Å². The fourth-order valence-corrected chi connectivity index (χ4v) is 7.05. The number of aliphatic hydroxyl groups is 2. The van der Waals surface area contributed by atoms with Crippen LogP contribution >= 0.6 is 71.5 Å². The number of halogens is 8. The Morgan fingerprint density at radius 3 is 0.656 bits per heavy atom. The molecule has 6 aromatic rings. The van der Waals surface area contributed by atoms with Gasteiger partial charge in [0.2, 0.25) is 0 Å². The molecule has 23 heteroatoms. The first-order valence-corrected chi connectivity index (χ1v) is 20.2. The van der Waals surface area contributed by atoms with E-state index in [-0.39, 0.29) is 30.3 Å². The first kappa shape index (κ1) is 56.9. The first-order chi connectivity index (χ1) is 28.8. The van der Waals surface area contributed by atoms with Crippen molar-refractivity contribution in [2.45, 2.75) is 53.0 Å². The molecule has 0 saturated heterocycles. The quantitative estimate of drug-likeness (QED) is 0.0494. The summed E-state index contributed by atoms with van der Waals surface area (Å²) in [4.78, 5) is 13.8. The fourth-order valence-electron chi connectivity index (χ4n) is 3.64. The molecule has 8 nitrogen and oxygen atoms in total. The van der Waals surface area contributed by atoms with Crippen LogP contribution in [-0.2, 0) is 17.1 Å². The SMILES string of the molecule is CCO.CCO.Fc1c(F)c(Sc2ccncc2)c(F)c(F)c1Sc1ccncc1.Fc1c(F)c(Sc2ccncc2)c(F)c(F)c1Sc1ccncc1.[Mn+2].[N-]=C=S.[N-]=C=S. The van der Waals surface area contributed by atoms with E-state index in [4.69, 9.17) is 21.0 Å². The number of benzene rings is 2. The first-order valence-electron chi connectivity index (χ1n) is 16.1. The minimum absolute atomic E-state index is 0. The number of hydrogen-bond donors (Lipinski definition) is 2. The molecule has 4 aromatic heterocycles. The summed E-state index contributed by atoms with van der Waals surface area (Å²) in [6.45, 7) is 3.86. The molecule has 0 atom stereocenters. The van der Waals surface area contributed by atoms with Gasteiger partial charge in [0.1, 0.15) is 0 Å². The number of nitrogens with zero attached hydrogens (tertiary/aromatic N) is 6. The maximum Gasteiger partial charge on any atom is 2.00 e. The number of thiocarbonyl (C=S) groups is 2. The monoisotopic (exact) mass is 999 g/mol. The van der Waals surface area contributed by atoms with Gasteiger partial charge in [-0.2, -0.15) is 10.3 Å². The van der Waals surface area contributed by atoms with E-state index in [0.29, 0.717) is 66.6 Å². The van der Waals surface area contributed by atoms with Gasteiger partial charge in [-0.05, 0) is 62.4 Å². The van der Waals surface area contributed by atoms with Crippen molar-refractivity contribution in [2.24, 2.45) is 0 Å². The van der Waals surface area contributed by atoms with Crippen LogP contribution < -0.4 is 0 Å². The van der Waals surface area contributed by atoms with Crippen LogP contribution in [-0.4, -0.2) is 53.7 Å². The second-order valence-corrected chi connectivity index (χ2v) is 14.5. The van der Waals surface area contributed by atoms with Crippen LogP contribution in [0.15, 0.2) is 137 Å². The zero-order valence-corrected chi connectivity index (χ0v) is 37.2. The van der Waals surface area contributed by atoms with Crippen molar-refractivity contribution < 1.29 is 62.4 Å². The van der Waals surface area contributed by atoms with Crippen molar-refractivity contribution in [2.75, 3.05) is 13.2 Å². The Balaban J connectivity index is 0.000000926. The zero-order chi connectivity index (χ0) is 45.0. The maximum absolute atomic E-state index is 14.2. The van der Waals surface area contributed by atoms with Crippen LogP contribution in [0.25, 0.3) is 10.8 Å². The predicted molar refractivity (Wildman–Crippen MR) is 223 cm³/mol. The number of rotatable bonds is 8. The Morgan fingerprint density at radius 1 is 0.426 bits per heavy atom. The number of pyridine rings is 4. The summed E-state index contributed by atoms with van der Waals surface area (Å²) in [5, 5.41) is 32.1. The van der Waals surface area contributed by atoms with Crippen LogP contribution in [0, 0.1) is 46.5 Å². The second-order valence-electron chi connectivity index (χ2n) is 9.78. The van der Waals surface area contributed by atoms with Crippen LogP contribution in [0.5, 0.6) is 0 Å². The van der Waals surface area contributed by atoms with Gasteiger partial charge in [-0.3, -0.25) is 19.9 Å². The minimum Gasteiger partial charge on any atom is -0.753 e. The van der Waals surface area contributed by atoms with Gasteiger partial charge in [-0.15, -0.1) is 0 Å². The summed E-state index contributed by atoms with van der Waals surface area (Å²) in [6.07, 6.45) is 11.3. The van der Waals surface area contributed by atoms with Gasteiger partial charge < -0.3 is 21.0 Å². The molecule has 1 radical (unpaired) electrons.